The summed E-state index contributed by atoms with van der Waals surface area (Å²) in [5, 5.41) is 0. The summed E-state index contributed by atoms with van der Waals surface area (Å²) in [6.45, 7) is 6.78. The summed E-state index contributed by atoms with van der Waals surface area (Å²) in [5.74, 6) is 0.648. The molecule has 0 aliphatic carbocycles. The van der Waals surface area contributed by atoms with Crippen LogP contribution in [0, 0.1) is 13.8 Å². The highest BCUT2D eigenvalue weighted by Crippen LogP contribution is 2.23. The largest absolute Gasteiger partial charge is 0.122 e. The van der Waals surface area contributed by atoms with Crippen LogP contribution in [0.5, 0.6) is 0 Å². The molecule has 0 heterocycles. The Morgan fingerprint density at radius 1 is 0.531 bits per heavy atom. The van der Waals surface area contributed by atoms with Crippen LogP contribution in [0.4, 0.5) is 0 Å². The van der Waals surface area contributed by atoms with Crippen LogP contribution in [-0.2, 0) is 12.3 Å². The van der Waals surface area contributed by atoms with Crippen molar-refractivity contribution in [1.82, 2.24) is 0 Å². The molecule has 0 N–H and O–H groups in total. The van der Waals surface area contributed by atoms with Crippen molar-refractivity contribution in [3.05, 3.63) is 34.4 Å². The molecular formula is C31H55Cl. The molecule has 186 valence electrons. The van der Waals surface area contributed by atoms with Gasteiger partial charge in [0.2, 0.25) is 0 Å². The van der Waals surface area contributed by atoms with Crippen molar-refractivity contribution in [2.75, 3.05) is 0 Å². The lowest BCUT2D eigenvalue weighted by Gasteiger charge is -2.13. The lowest BCUT2D eigenvalue weighted by atomic mass is 9.94. The second-order valence-corrected chi connectivity index (χ2v) is 10.5. The van der Waals surface area contributed by atoms with Crippen molar-refractivity contribution in [3.8, 4) is 0 Å². The lowest BCUT2D eigenvalue weighted by Crippen LogP contribution is -1.98. The van der Waals surface area contributed by atoms with Crippen LogP contribution in [0.2, 0.25) is 0 Å². The molecule has 0 unspecified atom stereocenters. The quantitative estimate of drug-likeness (QED) is 0.119. The third kappa shape index (κ3) is 14.6. The molecule has 1 aromatic carbocycles. The maximum absolute atomic E-state index is 6.15. The van der Waals surface area contributed by atoms with Gasteiger partial charge in [-0.15, -0.1) is 11.6 Å². The molecule has 1 aromatic rings. The zero-order valence-electron chi connectivity index (χ0n) is 22.1. The van der Waals surface area contributed by atoms with Crippen LogP contribution in [0.15, 0.2) is 12.1 Å². The molecule has 32 heavy (non-hydrogen) atoms. The number of rotatable bonds is 22. The molecule has 0 aliphatic rings. The summed E-state index contributed by atoms with van der Waals surface area (Å²) in [7, 11) is 0. The van der Waals surface area contributed by atoms with Crippen molar-refractivity contribution in [2.24, 2.45) is 0 Å². The zero-order valence-corrected chi connectivity index (χ0v) is 22.8. The Balaban J connectivity index is 1.83. The average molecular weight is 463 g/mol. The van der Waals surface area contributed by atoms with E-state index in [1.54, 1.807) is 0 Å². The van der Waals surface area contributed by atoms with Gasteiger partial charge in [0.05, 0.1) is 0 Å². The van der Waals surface area contributed by atoms with E-state index < -0.39 is 0 Å². The number of halogens is 1. The van der Waals surface area contributed by atoms with E-state index in [0.29, 0.717) is 5.88 Å². The van der Waals surface area contributed by atoms with Gasteiger partial charge in [0.25, 0.3) is 0 Å². The number of benzene rings is 1. The Bertz CT molecular complexity index is 548. The summed E-state index contributed by atoms with van der Waals surface area (Å²) >= 11 is 6.15. The van der Waals surface area contributed by atoms with Crippen LogP contribution in [-0.4, -0.2) is 0 Å². The summed E-state index contributed by atoms with van der Waals surface area (Å²) in [5.41, 5.74) is 5.72. The van der Waals surface area contributed by atoms with Crippen LogP contribution < -0.4 is 0 Å². The molecular weight excluding hydrogens is 408 g/mol. The Labute approximate surface area is 207 Å². The third-order valence-corrected chi connectivity index (χ3v) is 7.68. The van der Waals surface area contributed by atoms with Crippen molar-refractivity contribution in [2.45, 2.75) is 161 Å². The summed E-state index contributed by atoms with van der Waals surface area (Å²) < 4.78 is 0. The van der Waals surface area contributed by atoms with Gasteiger partial charge in [-0.25, -0.2) is 0 Å². The Morgan fingerprint density at radius 2 is 0.906 bits per heavy atom. The first-order valence-electron chi connectivity index (χ1n) is 14.3. The highest BCUT2D eigenvalue weighted by molar-refractivity contribution is 6.17. The van der Waals surface area contributed by atoms with Gasteiger partial charge in [-0.1, -0.05) is 141 Å². The third-order valence-electron chi connectivity index (χ3n) is 7.39. The first-order valence-corrected chi connectivity index (χ1v) is 14.9. The number of aryl methyl sites for hydroxylation is 1. The van der Waals surface area contributed by atoms with Gasteiger partial charge in [-0.3, -0.25) is 0 Å². The smallest absolute Gasteiger partial charge is 0.0476 e. The minimum atomic E-state index is 0.648. The van der Waals surface area contributed by atoms with Gasteiger partial charge in [-0.05, 0) is 48.9 Å². The van der Waals surface area contributed by atoms with Crippen LogP contribution in [0.25, 0.3) is 0 Å². The molecule has 1 heteroatoms. The predicted octanol–water partition coefficient (Wildman–Crippen LogP) is 11.4. The van der Waals surface area contributed by atoms with Gasteiger partial charge in [0.1, 0.15) is 0 Å². The van der Waals surface area contributed by atoms with E-state index in [1.165, 1.54) is 157 Å². The van der Waals surface area contributed by atoms with E-state index in [0.717, 1.165) is 0 Å². The van der Waals surface area contributed by atoms with E-state index in [2.05, 4.69) is 32.9 Å². The van der Waals surface area contributed by atoms with E-state index in [4.69, 9.17) is 11.6 Å². The first kappa shape index (κ1) is 29.5. The van der Waals surface area contributed by atoms with Crippen molar-refractivity contribution in [1.29, 1.82) is 0 Å². The highest BCUT2D eigenvalue weighted by Gasteiger charge is 2.07. The second-order valence-electron chi connectivity index (χ2n) is 10.2. The maximum atomic E-state index is 6.15. The van der Waals surface area contributed by atoms with Gasteiger partial charge in [0, 0.05) is 5.88 Å². The van der Waals surface area contributed by atoms with Gasteiger partial charge < -0.3 is 0 Å². The lowest BCUT2D eigenvalue weighted by molar-refractivity contribution is 0.521. The molecule has 0 aliphatic heterocycles. The van der Waals surface area contributed by atoms with E-state index >= 15 is 0 Å². The van der Waals surface area contributed by atoms with Crippen molar-refractivity contribution in [3.63, 3.8) is 0 Å². The average Bonchev–Trinajstić information content (AvgIpc) is 2.80. The molecule has 0 fully saturated rings. The molecule has 0 aromatic heterocycles. The van der Waals surface area contributed by atoms with Gasteiger partial charge >= 0.3 is 0 Å². The van der Waals surface area contributed by atoms with Crippen LogP contribution in [0.3, 0.4) is 0 Å². The number of hydrogen-bond acceptors (Lipinski definition) is 0. The van der Waals surface area contributed by atoms with Gasteiger partial charge in [0.15, 0.2) is 0 Å². The molecule has 0 spiro atoms. The second kappa shape index (κ2) is 21.1. The molecule has 0 saturated carbocycles. The fourth-order valence-corrected chi connectivity index (χ4v) is 5.21. The minimum Gasteiger partial charge on any atom is -0.122 e. The maximum Gasteiger partial charge on any atom is 0.0476 e. The molecule has 0 saturated heterocycles. The Morgan fingerprint density at radius 3 is 1.28 bits per heavy atom. The number of alkyl halides is 1. The SMILES string of the molecule is CCCCCCCCCCCCCCCCCCCCCCc1c(CCl)ccc(C)c1C. The summed E-state index contributed by atoms with van der Waals surface area (Å²) in [6, 6.07) is 4.44. The van der Waals surface area contributed by atoms with Crippen LogP contribution >= 0.6 is 11.6 Å². The summed E-state index contributed by atoms with van der Waals surface area (Å²) in [4.78, 5) is 0. The zero-order chi connectivity index (χ0) is 23.3. The normalized spacial score (nSPS) is 11.4. The fourth-order valence-electron chi connectivity index (χ4n) is 4.96. The molecule has 0 atom stereocenters. The molecule has 1 rings (SSSR count). The van der Waals surface area contributed by atoms with Crippen molar-refractivity contribution < 1.29 is 0 Å². The summed E-state index contributed by atoms with van der Waals surface area (Å²) in [6.07, 6.45) is 30.0. The molecule has 0 bridgehead atoms. The topological polar surface area (TPSA) is 0 Å². The minimum absolute atomic E-state index is 0.648. The van der Waals surface area contributed by atoms with E-state index in [-0.39, 0.29) is 0 Å². The first-order chi connectivity index (χ1) is 15.7. The Hall–Kier alpha value is -0.490. The van der Waals surface area contributed by atoms with E-state index in [1.807, 2.05) is 0 Å². The Kier molecular flexibility index (Phi) is 19.5. The van der Waals surface area contributed by atoms with Crippen LogP contribution in [0.1, 0.15) is 158 Å². The number of hydrogen-bond donors (Lipinski definition) is 0. The molecule has 0 nitrogen and oxygen atoms in total. The highest BCUT2D eigenvalue weighted by atomic mass is 35.5. The van der Waals surface area contributed by atoms with Gasteiger partial charge in [-0.2, -0.15) is 0 Å². The van der Waals surface area contributed by atoms with Crippen molar-refractivity contribution >= 4 is 11.6 Å². The standard InChI is InChI=1S/C31H55Cl/c1-4-5-6-7-8-9-10-11-12-13-14-15-16-17-18-19-20-21-22-23-24-31-29(3)28(2)25-26-30(31)27-32/h25-26H,4-24,27H2,1-3H3. The molecule has 0 radical (unpaired) electrons. The number of unbranched alkanes of at least 4 members (excludes halogenated alkanes) is 19. The monoisotopic (exact) mass is 462 g/mol. The predicted molar refractivity (Wildman–Crippen MR) is 147 cm³/mol. The molecule has 0 amide bonds. The fraction of sp³-hybridized carbons (Fsp3) is 0.806. The van der Waals surface area contributed by atoms with E-state index in [9.17, 15) is 0 Å².